The van der Waals surface area contributed by atoms with Crippen LogP contribution in [0.25, 0.3) is 50.0 Å². The van der Waals surface area contributed by atoms with E-state index in [0.717, 1.165) is 74.5 Å². The van der Waals surface area contributed by atoms with Gasteiger partial charge in [-0.1, -0.05) is 63.2 Å². The summed E-state index contributed by atoms with van der Waals surface area (Å²) in [5, 5.41) is 2.35. The number of hydrogen-bond acceptors (Lipinski definition) is 2. The fraction of sp³-hybridized carbons (Fsp3) is 0.160. The minimum absolute atomic E-state index is 0.0910. The number of pyridine rings is 2. The van der Waals surface area contributed by atoms with E-state index < -0.39 is 0 Å². The predicted octanol–water partition coefficient (Wildman–Crippen LogP) is 11.9. The molecule has 2 aliphatic carbocycles. The Morgan fingerprint density at radius 2 is 1.36 bits per heavy atom. The zero-order valence-corrected chi connectivity index (χ0v) is 34.0. The Kier molecular flexibility index (Phi) is 8.52. The smallest absolute Gasteiger partial charge is 0.0622 e. The van der Waals surface area contributed by atoms with Crippen LogP contribution >= 0.6 is 0 Å². The van der Waals surface area contributed by atoms with Gasteiger partial charge >= 0.3 is 248 Å². The van der Waals surface area contributed by atoms with Crippen LogP contribution in [-0.4, -0.2) is 18.5 Å². The van der Waals surface area contributed by atoms with Gasteiger partial charge in [0, 0.05) is 11.8 Å². The molecule has 0 saturated heterocycles. The molecule has 0 N–H and O–H groups in total. The Bertz CT molecular complexity index is 3000. The van der Waals surface area contributed by atoms with Crippen LogP contribution in [0.2, 0.25) is 0 Å². The molecule has 9 aromatic rings. The summed E-state index contributed by atoms with van der Waals surface area (Å²) in [7, 11) is 0. The van der Waals surface area contributed by atoms with E-state index in [1.165, 1.54) is 44.4 Å². The summed E-state index contributed by atoms with van der Waals surface area (Å²) in [5.41, 5.74) is 13.5. The first-order valence-corrected chi connectivity index (χ1v) is 20.6. The van der Waals surface area contributed by atoms with Gasteiger partial charge in [-0.3, -0.25) is 0 Å². The van der Waals surface area contributed by atoms with Crippen molar-refractivity contribution in [2.45, 2.75) is 51.9 Å². The van der Waals surface area contributed by atoms with Crippen molar-refractivity contribution < 1.29 is 24.1 Å². The van der Waals surface area contributed by atoms with Crippen molar-refractivity contribution in [3.05, 3.63) is 184 Å². The molecular weight excluding hydrogens is 868 g/mol. The summed E-state index contributed by atoms with van der Waals surface area (Å²) in [6.07, 6.45) is 8.36. The van der Waals surface area contributed by atoms with E-state index in [9.17, 15) is 0 Å². The third-order valence-corrected chi connectivity index (χ3v) is 12.4. The summed E-state index contributed by atoms with van der Waals surface area (Å²) in [4.78, 5) is 5.12. The van der Waals surface area contributed by atoms with Gasteiger partial charge in [0.1, 0.15) is 0 Å². The van der Waals surface area contributed by atoms with Crippen molar-refractivity contribution in [2.75, 3.05) is 0 Å². The number of aromatic nitrogens is 4. The Hall–Kier alpha value is -5.77. The number of para-hydroxylation sites is 1. The summed E-state index contributed by atoms with van der Waals surface area (Å²) in [6.45, 7) is 6.82. The first-order chi connectivity index (χ1) is 27.3. The van der Waals surface area contributed by atoms with Gasteiger partial charge in [-0.15, -0.1) is 0 Å². The molecule has 5 nitrogen and oxygen atoms in total. The molecule has 4 aliphatic rings. The minimum Gasteiger partial charge on any atom is -0.0622 e. The van der Waals surface area contributed by atoms with Crippen molar-refractivity contribution in [2.24, 2.45) is 0 Å². The molecular formula is C50H42N4OPt. The van der Waals surface area contributed by atoms with Crippen LogP contribution in [0.3, 0.4) is 0 Å². The van der Waals surface area contributed by atoms with Gasteiger partial charge in [-0.25, -0.2) is 0 Å². The second-order valence-electron chi connectivity index (χ2n) is 16.0. The maximum absolute atomic E-state index is 6.72. The van der Waals surface area contributed by atoms with Gasteiger partial charge in [0.25, 0.3) is 0 Å². The molecule has 6 heterocycles. The van der Waals surface area contributed by atoms with Crippen molar-refractivity contribution >= 4 is 27.3 Å². The molecule has 5 aromatic carbocycles. The standard InChI is InChI=1S/C50H42N4O.Pt/c1-50(2,3)45-30-49(51-31-44(45)36-10-5-4-6-11-36)54-46-15-8-7-14-42(46)43-27-26-41(29-47(43)54)55-40-13-9-12-39(28-40)52-32-48-37-22-20-34-16-18-35(19-17-34)21-24-38(25-23-37)53(48)33-52;/h4-19,23,25-32H,20-22,24H2,1-3H3;. The molecule has 0 fully saturated rings. The average Bonchev–Trinajstić information content (AvgIpc) is 3.73. The second-order valence-corrected chi connectivity index (χ2v) is 17.0. The fourth-order valence-electron chi connectivity index (χ4n) is 8.41. The van der Waals surface area contributed by atoms with E-state index in [1.54, 1.807) is 0 Å². The van der Waals surface area contributed by atoms with E-state index in [-0.39, 0.29) is 5.41 Å². The van der Waals surface area contributed by atoms with Crippen molar-refractivity contribution in [3.8, 4) is 34.1 Å². The van der Waals surface area contributed by atoms with Crippen LogP contribution in [-0.2, 0) is 50.5 Å². The molecule has 4 bridgehead atoms. The quantitative estimate of drug-likeness (QED) is 0.172. The van der Waals surface area contributed by atoms with E-state index in [4.69, 9.17) is 9.72 Å². The van der Waals surface area contributed by atoms with Gasteiger partial charge in [-0.05, 0) is 16.5 Å². The summed E-state index contributed by atoms with van der Waals surface area (Å²) < 4.78 is 14.9. The van der Waals surface area contributed by atoms with Crippen LogP contribution < -0.4 is 4.74 Å². The van der Waals surface area contributed by atoms with Crippen LogP contribution in [0.5, 0.6) is 11.5 Å². The number of aryl methyl sites for hydroxylation is 4. The van der Waals surface area contributed by atoms with Gasteiger partial charge in [0.2, 0.25) is 0 Å². The topological polar surface area (TPSA) is 36.4 Å². The van der Waals surface area contributed by atoms with Gasteiger partial charge in [0.05, 0.1) is 0 Å². The molecule has 6 heteroatoms. The number of imidazole rings is 1. The number of benzene rings is 5. The monoisotopic (exact) mass is 909 g/mol. The van der Waals surface area contributed by atoms with E-state index >= 15 is 0 Å². The fourth-order valence-corrected chi connectivity index (χ4v) is 9.45. The third kappa shape index (κ3) is 6.15. The molecule has 278 valence electrons. The molecule has 0 radical (unpaired) electrons. The van der Waals surface area contributed by atoms with Crippen molar-refractivity contribution in [3.63, 3.8) is 0 Å². The van der Waals surface area contributed by atoms with Crippen LogP contribution in [0.15, 0.2) is 152 Å². The van der Waals surface area contributed by atoms with E-state index in [0.29, 0.717) is 0 Å². The second kappa shape index (κ2) is 13.8. The van der Waals surface area contributed by atoms with Crippen LogP contribution in [0, 0.1) is 3.80 Å². The molecule has 13 rings (SSSR count). The molecule has 0 unspecified atom stereocenters. The molecule has 0 amide bonds. The molecule has 0 atom stereocenters. The summed E-state index contributed by atoms with van der Waals surface area (Å²) in [5.74, 6) is 2.46. The van der Waals surface area contributed by atoms with Gasteiger partial charge in [0.15, 0.2) is 0 Å². The van der Waals surface area contributed by atoms with E-state index in [2.05, 4.69) is 193 Å². The Morgan fingerprint density at radius 3 is 2.16 bits per heavy atom. The Balaban J connectivity index is 1.04. The SMILES string of the molecule is CC(C)(C)c1cc(-n2c3ccccc3c3ccc(Oc4cccc(-n5cc6c7ccc(n6[c]5=[Pt])CCc5ccc(cc5)CC7)c4)cc32)ncc1-c1ccccc1. The Morgan fingerprint density at radius 1 is 0.625 bits per heavy atom. The summed E-state index contributed by atoms with van der Waals surface area (Å²) >= 11 is 2.49. The van der Waals surface area contributed by atoms with E-state index in [1.807, 2.05) is 12.3 Å². The molecule has 56 heavy (non-hydrogen) atoms. The Labute approximate surface area is 337 Å². The zero-order chi connectivity index (χ0) is 38.0. The molecule has 0 saturated carbocycles. The maximum atomic E-state index is 6.72. The number of ether oxygens (including phenoxy) is 1. The third-order valence-electron chi connectivity index (χ3n) is 11.3. The molecule has 2 aliphatic heterocycles. The van der Waals surface area contributed by atoms with Gasteiger partial charge < -0.3 is 0 Å². The summed E-state index contributed by atoms with van der Waals surface area (Å²) in [6, 6.07) is 50.2. The predicted molar refractivity (Wildman–Crippen MR) is 224 cm³/mol. The normalized spacial score (nSPS) is 13.1. The molecule has 0 spiro atoms. The molecule has 4 aromatic heterocycles. The van der Waals surface area contributed by atoms with Crippen molar-refractivity contribution in [1.29, 1.82) is 0 Å². The first-order valence-electron chi connectivity index (χ1n) is 19.4. The number of nitrogens with zero attached hydrogens (tertiary/aromatic N) is 4. The number of hydrogen-bond donors (Lipinski definition) is 0. The van der Waals surface area contributed by atoms with Crippen molar-refractivity contribution in [1.82, 2.24) is 18.5 Å². The number of rotatable bonds is 5. The van der Waals surface area contributed by atoms with Crippen LogP contribution in [0.1, 0.15) is 48.7 Å². The first kappa shape index (κ1) is 34.7. The minimum atomic E-state index is -0.0910. The number of fused-ring (bicyclic) bond motifs is 3. The zero-order valence-electron chi connectivity index (χ0n) is 31.8. The average molecular weight is 910 g/mol. The van der Waals surface area contributed by atoms with Gasteiger partial charge in [-0.2, -0.15) is 0 Å². The van der Waals surface area contributed by atoms with Crippen LogP contribution in [0.4, 0.5) is 0 Å².